The van der Waals surface area contributed by atoms with Gasteiger partial charge in [0.05, 0.1) is 6.04 Å². The lowest BCUT2D eigenvalue weighted by molar-refractivity contribution is 0.130. The van der Waals surface area contributed by atoms with Crippen LogP contribution < -0.4 is 5.73 Å². The summed E-state index contributed by atoms with van der Waals surface area (Å²) in [5.41, 5.74) is 5.98. The lowest BCUT2D eigenvalue weighted by atomic mass is 10.0. The molecule has 1 aromatic rings. The molecule has 0 radical (unpaired) electrons. The van der Waals surface area contributed by atoms with E-state index in [1.54, 1.807) is 24.3 Å². The van der Waals surface area contributed by atoms with Crippen molar-refractivity contribution in [2.24, 2.45) is 5.73 Å². The number of urea groups is 1. The maximum absolute atomic E-state index is 11.6. The number of primary amides is 1. The summed E-state index contributed by atoms with van der Waals surface area (Å²) in [5.74, 6) is 0. The summed E-state index contributed by atoms with van der Waals surface area (Å²) >= 11 is 5.80. The topological polar surface area (TPSA) is 72.6 Å². The van der Waals surface area contributed by atoms with Crippen LogP contribution in [0.2, 0.25) is 5.02 Å². The SMILES string of the molecule is CCC1C(c2ccc(Cl)cc2)OC(=O)N1C(N)=O. The molecule has 2 rings (SSSR count). The number of nitrogens with two attached hydrogens (primary N) is 1. The van der Waals surface area contributed by atoms with Gasteiger partial charge in [-0.3, -0.25) is 0 Å². The van der Waals surface area contributed by atoms with Crippen LogP contribution in [0.25, 0.3) is 0 Å². The highest BCUT2D eigenvalue weighted by Gasteiger charge is 2.44. The Bertz CT molecular complexity index is 475. The number of benzene rings is 1. The first kappa shape index (κ1) is 12.7. The summed E-state index contributed by atoms with van der Waals surface area (Å²) in [6, 6.07) is 5.80. The van der Waals surface area contributed by atoms with Crippen LogP contribution in [0.1, 0.15) is 25.0 Å². The van der Waals surface area contributed by atoms with Crippen LogP contribution >= 0.6 is 11.6 Å². The van der Waals surface area contributed by atoms with Gasteiger partial charge < -0.3 is 10.5 Å². The zero-order valence-electron chi connectivity index (χ0n) is 9.80. The Balaban J connectivity index is 2.31. The van der Waals surface area contributed by atoms with Gasteiger partial charge in [-0.05, 0) is 24.1 Å². The molecular weight excluding hydrogens is 256 g/mol. The van der Waals surface area contributed by atoms with Gasteiger partial charge in [0.25, 0.3) is 0 Å². The maximum Gasteiger partial charge on any atom is 0.419 e. The van der Waals surface area contributed by atoms with E-state index in [4.69, 9.17) is 22.1 Å². The normalized spacial score (nSPS) is 23.0. The Labute approximate surface area is 109 Å². The standard InChI is InChI=1S/C12H13ClN2O3/c1-2-9-10(7-3-5-8(13)6-4-7)18-12(17)15(9)11(14)16/h3-6,9-10H,2H2,1H3,(H2,14,16). The minimum atomic E-state index is -0.789. The predicted molar refractivity (Wildman–Crippen MR) is 66.2 cm³/mol. The smallest absolute Gasteiger partial charge is 0.419 e. The average molecular weight is 269 g/mol. The Morgan fingerprint density at radius 1 is 1.44 bits per heavy atom. The monoisotopic (exact) mass is 268 g/mol. The van der Waals surface area contributed by atoms with Gasteiger partial charge in [0.2, 0.25) is 0 Å². The van der Waals surface area contributed by atoms with Crippen molar-refractivity contribution in [1.82, 2.24) is 4.90 Å². The molecule has 5 nitrogen and oxygen atoms in total. The molecule has 1 aliphatic rings. The second-order valence-corrected chi connectivity index (χ2v) is 4.48. The predicted octanol–water partition coefficient (Wildman–Crippen LogP) is 2.69. The average Bonchev–Trinajstić information content (AvgIpc) is 2.67. The molecule has 1 saturated heterocycles. The van der Waals surface area contributed by atoms with Crippen molar-refractivity contribution in [3.8, 4) is 0 Å². The molecule has 1 fully saturated rings. The fourth-order valence-corrected chi connectivity index (χ4v) is 2.23. The van der Waals surface area contributed by atoms with E-state index in [1.807, 2.05) is 6.92 Å². The molecule has 0 aromatic heterocycles. The fraction of sp³-hybridized carbons (Fsp3) is 0.333. The zero-order chi connectivity index (χ0) is 13.3. The van der Waals surface area contributed by atoms with Crippen molar-refractivity contribution in [3.63, 3.8) is 0 Å². The number of halogens is 1. The summed E-state index contributed by atoms with van der Waals surface area (Å²) in [6.07, 6.45) is -0.622. The van der Waals surface area contributed by atoms with E-state index >= 15 is 0 Å². The summed E-state index contributed by atoms with van der Waals surface area (Å²) in [6.45, 7) is 1.87. The van der Waals surface area contributed by atoms with Gasteiger partial charge in [-0.15, -0.1) is 0 Å². The van der Waals surface area contributed by atoms with Gasteiger partial charge in [0.15, 0.2) is 0 Å². The first-order chi connectivity index (χ1) is 8.54. The third-order valence-corrected chi connectivity index (χ3v) is 3.21. The lowest BCUT2D eigenvalue weighted by Gasteiger charge is -2.20. The van der Waals surface area contributed by atoms with Crippen LogP contribution in [-0.2, 0) is 4.74 Å². The summed E-state index contributed by atoms with van der Waals surface area (Å²) < 4.78 is 5.21. The highest BCUT2D eigenvalue weighted by molar-refractivity contribution is 6.30. The second-order valence-electron chi connectivity index (χ2n) is 4.04. The Morgan fingerprint density at radius 3 is 2.56 bits per heavy atom. The molecule has 1 aliphatic heterocycles. The number of ether oxygens (including phenoxy) is 1. The highest BCUT2D eigenvalue weighted by Crippen LogP contribution is 2.34. The Kier molecular flexibility index (Phi) is 3.43. The Hall–Kier alpha value is -1.75. The fourth-order valence-electron chi connectivity index (χ4n) is 2.11. The molecule has 6 heteroatoms. The number of carbonyl (C=O) groups excluding carboxylic acids is 2. The van der Waals surface area contributed by atoms with E-state index in [-0.39, 0.29) is 6.04 Å². The third-order valence-electron chi connectivity index (χ3n) is 2.96. The number of amides is 3. The van der Waals surface area contributed by atoms with Gasteiger partial charge in [0, 0.05) is 5.02 Å². The molecule has 1 aromatic carbocycles. The molecule has 0 saturated carbocycles. The molecule has 2 atom stereocenters. The minimum Gasteiger partial charge on any atom is -0.439 e. The first-order valence-electron chi connectivity index (χ1n) is 5.59. The van der Waals surface area contributed by atoms with E-state index in [9.17, 15) is 9.59 Å². The van der Waals surface area contributed by atoms with Gasteiger partial charge >= 0.3 is 12.1 Å². The van der Waals surface area contributed by atoms with Crippen molar-refractivity contribution in [2.45, 2.75) is 25.5 Å². The van der Waals surface area contributed by atoms with Crippen LogP contribution in [0, 0.1) is 0 Å². The van der Waals surface area contributed by atoms with Crippen molar-refractivity contribution >= 4 is 23.7 Å². The molecular formula is C12H13ClN2O3. The molecule has 18 heavy (non-hydrogen) atoms. The number of hydrogen-bond donors (Lipinski definition) is 1. The van der Waals surface area contributed by atoms with Crippen LogP contribution in [0.5, 0.6) is 0 Å². The van der Waals surface area contributed by atoms with Crippen molar-refractivity contribution in [2.75, 3.05) is 0 Å². The van der Waals surface area contributed by atoms with Gasteiger partial charge in [-0.1, -0.05) is 30.7 Å². The van der Waals surface area contributed by atoms with E-state index in [0.717, 1.165) is 10.5 Å². The summed E-state index contributed by atoms with van der Waals surface area (Å²) in [7, 11) is 0. The number of carbonyl (C=O) groups is 2. The molecule has 0 bridgehead atoms. The first-order valence-corrected chi connectivity index (χ1v) is 5.97. The van der Waals surface area contributed by atoms with E-state index in [1.165, 1.54) is 0 Å². The van der Waals surface area contributed by atoms with Crippen molar-refractivity contribution < 1.29 is 14.3 Å². The minimum absolute atomic E-state index is 0.379. The number of rotatable bonds is 2. The van der Waals surface area contributed by atoms with E-state index in [0.29, 0.717) is 11.4 Å². The van der Waals surface area contributed by atoms with E-state index < -0.39 is 18.2 Å². The molecule has 0 aliphatic carbocycles. The summed E-state index contributed by atoms with van der Waals surface area (Å²) in [5, 5.41) is 0.600. The van der Waals surface area contributed by atoms with Gasteiger partial charge in [0.1, 0.15) is 6.10 Å². The lowest BCUT2D eigenvalue weighted by Crippen LogP contribution is -2.42. The number of imide groups is 1. The van der Waals surface area contributed by atoms with Crippen molar-refractivity contribution in [1.29, 1.82) is 0 Å². The molecule has 2 N–H and O–H groups in total. The molecule has 0 spiro atoms. The van der Waals surface area contributed by atoms with Crippen LogP contribution in [0.3, 0.4) is 0 Å². The largest absolute Gasteiger partial charge is 0.439 e. The highest BCUT2D eigenvalue weighted by atomic mass is 35.5. The molecule has 3 amide bonds. The van der Waals surface area contributed by atoms with Gasteiger partial charge in [-0.25, -0.2) is 14.5 Å². The van der Waals surface area contributed by atoms with Crippen LogP contribution in [0.15, 0.2) is 24.3 Å². The summed E-state index contributed by atoms with van der Waals surface area (Å²) in [4.78, 5) is 23.8. The maximum atomic E-state index is 11.6. The Morgan fingerprint density at radius 2 is 2.06 bits per heavy atom. The van der Waals surface area contributed by atoms with Crippen molar-refractivity contribution in [3.05, 3.63) is 34.9 Å². The molecule has 96 valence electrons. The number of nitrogens with zero attached hydrogens (tertiary/aromatic N) is 1. The molecule has 1 heterocycles. The zero-order valence-corrected chi connectivity index (χ0v) is 10.6. The van der Waals surface area contributed by atoms with E-state index in [2.05, 4.69) is 0 Å². The quantitative estimate of drug-likeness (QED) is 0.896. The second kappa shape index (κ2) is 4.86. The molecule has 2 unspecified atom stereocenters. The van der Waals surface area contributed by atoms with Gasteiger partial charge in [-0.2, -0.15) is 0 Å². The number of cyclic esters (lactones) is 1. The third kappa shape index (κ3) is 2.13. The number of hydrogen-bond acceptors (Lipinski definition) is 3. The van der Waals surface area contributed by atoms with Crippen LogP contribution in [0.4, 0.5) is 9.59 Å². The van der Waals surface area contributed by atoms with Crippen LogP contribution in [-0.4, -0.2) is 23.1 Å².